The second-order valence-corrected chi connectivity index (χ2v) is 7.20. The van der Waals surface area contributed by atoms with Crippen molar-refractivity contribution in [2.75, 3.05) is 0 Å². The fraction of sp³-hybridized carbons (Fsp3) is 0.333. The van der Waals surface area contributed by atoms with E-state index >= 15 is 0 Å². The molecule has 0 spiro atoms. The second kappa shape index (κ2) is 6.02. The molecule has 0 aliphatic heterocycles. The SMILES string of the molecule is Cc1cnc2c(S(=O)(=O)N[C@H](C(=O)O)C(C)C)cccc2c1. The summed E-state index contributed by atoms with van der Waals surface area (Å²) in [5, 5.41) is 9.85. The highest BCUT2D eigenvalue weighted by Gasteiger charge is 2.29. The van der Waals surface area contributed by atoms with Gasteiger partial charge >= 0.3 is 5.97 Å². The molecule has 1 heterocycles. The van der Waals surface area contributed by atoms with Gasteiger partial charge in [0.2, 0.25) is 10.0 Å². The number of para-hydroxylation sites is 1. The molecule has 1 aromatic heterocycles. The lowest BCUT2D eigenvalue weighted by Gasteiger charge is -2.18. The highest BCUT2D eigenvalue weighted by molar-refractivity contribution is 7.89. The Labute approximate surface area is 129 Å². The fourth-order valence-corrected chi connectivity index (χ4v) is 3.68. The molecule has 1 atom stereocenters. The van der Waals surface area contributed by atoms with Crippen LogP contribution in [0.25, 0.3) is 10.9 Å². The minimum atomic E-state index is -3.98. The lowest BCUT2D eigenvalue weighted by atomic mass is 10.1. The normalized spacial score (nSPS) is 13.5. The number of aliphatic carboxylic acids is 1. The van der Waals surface area contributed by atoms with E-state index in [0.717, 1.165) is 5.56 Å². The van der Waals surface area contributed by atoms with Crippen LogP contribution in [-0.4, -0.2) is 30.5 Å². The van der Waals surface area contributed by atoms with Crippen molar-refractivity contribution < 1.29 is 18.3 Å². The Bertz CT molecular complexity index is 815. The van der Waals surface area contributed by atoms with Crippen molar-refractivity contribution in [1.29, 1.82) is 0 Å². The lowest BCUT2D eigenvalue weighted by molar-refractivity contribution is -0.140. The number of nitrogens with zero attached hydrogens (tertiary/aromatic N) is 1. The molecule has 1 aromatic carbocycles. The zero-order valence-corrected chi connectivity index (χ0v) is 13.4. The number of aromatic nitrogens is 1. The van der Waals surface area contributed by atoms with E-state index in [1.165, 1.54) is 6.07 Å². The quantitative estimate of drug-likeness (QED) is 0.877. The van der Waals surface area contributed by atoms with Crippen molar-refractivity contribution in [1.82, 2.24) is 9.71 Å². The number of carboxylic acids is 1. The first-order valence-electron chi connectivity index (χ1n) is 6.83. The third-order valence-electron chi connectivity index (χ3n) is 3.32. The predicted molar refractivity (Wildman–Crippen MR) is 83.1 cm³/mol. The van der Waals surface area contributed by atoms with E-state index in [1.807, 2.05) is 13.0 Å². The van der Waals surface area contributed by atoms with Crippen molar-refractivity contribution in [3.05, 3.63) is 36.0 Å². The molecule has 118 valence electrons. The van der Waals surface area contributed by atoms with Crippen LogP contribution in [0.1, 0.15) is 19.4 Å². The van der Waals surface area contributed by atoms with E-state index in [1.54, 1.807) is 32.2 Å². The molecule has 22 heavy (non-hydrogen) atoms. The van der Waals surface area contributed by atoms with Gasteiger partial charge in [-0.05, 0) is 30.5 Å². The van der Waals surface area contributed by atoms with E-state index in [0.29, 0.717) is 10.9 Å². The summed E-state index contributed by atoms with van der Waals surface area (Å²) in [7, 11) is -3.98. The summed E-state index contributed by atoms with van der Waals surface area (Å²) in [5.41, 5.74) is 1.24. The van der Waals surface area contributed by atoms with Gasteiger partial charge in [-0.2, -0.15) is 4.72 Å². The molecule has 0 saturated carbocycles. The van der Waals surface area contributed by atoms with Crippen LogP contribution in [0.15, 0.2) is 35.4 Å². The van der Waals surface area contributed by atoms with E-state index in [-0.39, 0.29) is 10.8 Å². The Morgan fingerprint density at radius 1 is 1.32 bits per heavy atom. The summed E-state index contributed by atoms with van der Waals surface area (Å²) >= 11 is 0. The molecule has 0 bridgehead atoms. The second-order valence-electron chi connectivity index (χ2n) is 5.52. The third kappa shape index (κ3) is 3.26. The maximum atomic E-state index is 12.5. The van der Waals surface area contributed by atoms with E-state index < -0.39 is 22.0 Å². The summed E-state index contributed by atoms with van der Waals surface area (Å²) in [5.74, 6) is -1.58. The highest BCUT2D eigenvalue weighted by atomic mass is 32.2. The minimum Gasteiger partial charge on any atom is -0.480 e. The van der Waals surface area contributed by atoms with Gasteiger partial charge in [-0.1, -0.05) is 26.0 Å². The Morgan fingerprint density at radius 3 is 2.59 bits per heavy atom. The molecule has 0 radical (unpaired) electrons. The van der Waals surface area contributed by atoms with Gasteiger partial charge in [0.05, 0.1) is 5.52 Å². The molecule has 2 aromatic rings. The number of hydrogen-bond donors (Lipinski definition) is 2. The number of aryl methyl sites for hydroxylation is 1. The number of sulfonamides is 1. The number of pyridine rings is 1. The van der Waals surface area contributed by atoms with Crippen LogP contribution in [0.2, 0.25) is 0 Å². The molecule has 2 rings (SSSR count). The fourth-order valence-electron chi connectivity index (χ4n) is 2.16. The number of rotatable bonds is 5. The number of carbonyl (C=O) groups is 1. The van der Waals surface area contributed by atoms with Crippen LogP contribution in [0.5, 0.6) is 0 Å². The third-order valence-corrected chi connectivity index (χ3v) is 4.79. The van der Waals surface area contributed by atoms with E-state index in [9.17, 15) is 13.2 Å². The number of hydrogen-bond acceptors (Lipinski definition) is 4. The van der Waals surface area contributed by atoms with E-state index in [2.05, 4.69) is 9.71 Å². The van der Waals surface area contributed by atoms with Gasteiger partial charge in [0, 0.05) is 11.6 Å². The number of fused-ring (bicyclic) bond motifs is 1. The van der Waals surface area contributed by atoms with Crippen LogP contribution in [-0.2, 0) is 14.8 Å². The lowest BCUT2D eigenvalue weighted by Crippen LogP contribution is -2.44. The maximum Gasteiger partial charge on any atom is 0.322 e. The molecule has 0 unspecified atom stereocenters. The van der Waals surface area contributed by atoms with Crippen molar-refractivity contribution in [3.63, 3.8) is 0 Å². The summed E-state index contributed by atoms with van der Waals surface area (Å²) in [4.78, 5) is 15.4. The van der Waals surface area contributed by atoms with Crippen LogP contribution in [0, 0.1) is 12.8 Å². The molecular weight excluding hydrogens is 304 g/mol. The average Bonchev–Trinajstić information content (AvgIpc) is 2.43. The monoisotopic (exact) mass is 322 g/mol. The molecule has 0 aliphatic rings. The van der Waals surface area contributed by atoms with Gasteiger partial charge in [0.1, 0.15) is 10.9 Å². The van der Waals surface area contributed by atoms with Crippen LogP contribution in [0.4, 0.5) is 0 Å². The largest absolute Gasteiger partial charge is 0.480 e. The van der Waals surface area contributed by atoms with E-state index in [4.69, 9.17) is 5.11 Å². The Morgan fingerprint density at radius 2 is 2.00 bits per heavy atom. The van der Waals surface area contributed by atoms with Gasteiger partial charge in [0.15, 0.2) is 0 Å². The first kappa shape index (κ1) is 16.4. The smallest absolute Gasteiger partial charge is 0.322 e. The highest BCUT2D eigenvalue weighted by Crippen LogP contribution is 2.22. The van der Waals surface area contributed by atoms with Crippen molar-refractivity contribution >= 4 is 26.9 Å². The first-order chi connectivity index (χ1) is 10.2. The Hall–Kier alpha value is -1.99. The van der Waals surface area contributed by atoms with Crippen molar-refractivity contribution in [2.45, 2.75) is 31.7 Å². The predicted octanol–water partition coefficient (Wildman–Crippen LogP) is 1.93. The summed E-state index contributed by atoms with van der Waals surface area (Å²) in [6.45, 7) is 5.16. The number of benzene rings is 1. The van der Waals surface area contributed by atoms with Gasteiger partial charge in [0.25, 0.3) is 0 Å². The Balaban J connectivity index is 2.52. The molecule has 0 saturated heterocycles. The molecule has 0 amide bonds. The molecule has 0 fully saturated rings. The summed E-state index contributed by atoms with van der Waals surface area (Å²) < 4.78 is 27.3. The van der Waals surface area contributed by atoms with Crippen molar-refractivity contribution in [3.8, 4) is 0 Å². The molecular formula is C15H18N2O4S. The molecule has 2 N–H and O–H groups in total. The summed E-state index contributed by atoms with van der Waals surface area (Å²) in [6.07, 6.45) is 1.58. The van der Waals surface area contributed by atoms with Gasteiger partial charge < -0.3 is 5.11 Å². The molecule has 7 heteroatoms. The van der Waals surface area contributed by atoms with Crippen molar-refractivity contribution in [2.24, 2.45) is 5.92 Å². The van der Waals surface area contributed by atoms with Crippen LogP contribution < -0.4 is 4.72 Å². The zero-order chi connectivity index (χ0) is 16.5. The standard InChI is InChI=1S/C15H18N2O4S/c1-9(2)13(15(18)19)17-22(20,21)12-6-4-5-11-7-10(3)8-16-14(11)12/h4-9,13,17H,1-3H3,(H,18,19)/t13-/m0/s1. The van der Waals surface area contributed by atoms with Crippen LogP contribution in [0.3, 0.4) is 0 Å². The van der Waals surface area contributed by atoms with Crippen LogP contribution >= 0.6 is 0 Å². The summed E-state index contributed by atoms with van der Waals surface area (Å²) in [6, 6.07) is 5.45. The Kier molecular flexibility index (Phi) is 4.48. The molecule has 0 aliphatic carbocycles. The number of nitrogens with one attached hydrogen (secondary N) is 1. The minimum absolute atomic E-state index is 0.0168. The average molecular weight is 322 g/mol. The van der Waals surface area contributed by atoms with Gasteiger partial charge in [-0.3, -0.25) is 9.78 Å². The first-order valence-corrected chi connectivity index (χ1v) is 8.31. The maximum absolute atomic E-state index is 12.5. The van der Waals surface area contributed by atoms with Gasteiger partial charge in [-0.25, -0.2) is 8.42 Å². The van der Waals surface area contributed by atoms with Gasteiger partial charge in [-0.15, -0.1) is 0 Å². The topological polar surface area (TPSA) is 96.4 Å². The molecule has 6 nitrogen and oxygen atoms in total. The zero-order valence-electron chi connectivity index (χ0n) is 12.6. The number of carboxylic acid groups (broad SMARTS) is 1.